The summed E-state index contributed by atoms with van der Waals surface area (Å²) in [5.41, 5.74) is 4.88. The van der Waals surface area contributed by atoms with Gasteiger partial charge in [0.15, 0.2) is 0 Å². The van der Waals surface area contributed by atoms with Crippen molar-refractivity contribution in [3.63, 3.8) is 0 Å². The SMILES string of the molecule is O=C(C1CCCc2ccccc21)N(CCc1ccccc1)Cc1cccnc1. The fourth-order valence-corrected chi connectivity index (χ4v) is 4.12. The van der Waals surface area contributed by atoms with Gasteiger partial charge in [0.1, 0.15) is 0 Å². The van der Waals surface area contributed by atoms with Crippen LogP contribution in [0.5, 0.6) is 0 Å². The van der Waals surface area contributed by atoms with Crippen molar-refractivity contribution in [2.45, 2.75) is 38.1 Å². The van der Waals surface area contributed by atoms with Crippen LogP contribution in [0.2, 0.25) is 0 Å². The Balaban J connectivity index is 1.56. The molecule has 1 aliphatic rings. The van der Waals surface area contributed by atoms with Gasteiger partial charge in [0.05, 0.1) is 5.92 Å². The lowest BCUT2D eigenvalue weighted by Crippen LogP contribution is -2.37. The number of benzene rings is 2. The molecule has 3 nitrogen and oxygen atoms in total. The van der Waals surface area contributed by atoms with Gasteiger partial charge in [0, 0.05) is 25.5 Å². The summed E-state index contributed by atoms with van der Waals surface area (Å²) < 4.78 is 0. The first-order valence-corrected chi connectivity index (χ1v) is 10.1. The molecule has 1 heterocycles. The summed E-state index contributed by atoms with van der Waals surface area (Å²) >= 11 is 0. The molecule has 0 saturated heterocycles. The highest BCUT2D eigenvalue weighted by molar-refractivity contribution is 5.84. The van der Waals surface area contributed by atoms with E-state index in [2.05, 4.69) is 53.5 Å². The first kappa shape index (κ1) is 18.4. The number of rotatable bonds is 6. The Labute approximate surface area is 167 Å². The number of aromatic nitrogens is 1. The van der Waals surface area contributed by atoms with Gasteiger partial charge in [-0.2, -0.15) is 0 Å². The van der Waals surface area contributed by atoms with Crippen molar-refractivity contribution in [3.8, 4) is 0 Å². The summed E-state index contributed by atoms with van der Waals surface area (Å²) in [6.07, 6.45) is 7.58. The van der Waals surface area contributed by atoms with Crippen molar-refractivity contribution in [1.82, 2.24) is 9.88 Å². The van der Waals surface area contributed by atoms with Crippen molar-refractivity contribution < 1.29 is 4.79 Å². The zero-order valence-electron chi connectivity index (χ0n) is 16.1. The van der Waals surface area contributed by atoms with E-state index in [0.717, 1.165) is 37.8 Å². The number of fused-ring (bicyclic) bond motifs is 1. The predicted molar refractivity (Wildman–Crippen MR) is 112 cm³/mol. The van der Waals surface area contributed by atoms with E-state index in [1.165, 1.54) is 16.7 Å². The molecule has 0 saturated carbocycles. The largest absolute Gasteiger partial charge is 0.337 e. The highest BCUT2D eigenvalue weighted by atomic mass is 16.2. The van der Waals surface area contributed by atoms with Crippen LogP contribution >= 0.6 is 0 Å². The molecule has 0 bridgehead atoms. The highest BCUT2D eigenvalue weighted by Gasteiger charge is 2.29. The number of carbonyl (C=O) groups excluding carboxylic acids is 1. The topological polar surface area (TPSA) is 33.2 Å². The third-order valence-corrected chi connectivity index (χ3v) is 5.59. The van der Waals surface area contributed by atoms with Crippen molar-refractivity contribution in [1.29, 1.82) is 0 Å². The smallest absolute Gasteiger partial charge is 0.230 e. The minimum absolute atomic E-state index is 0.0302. The van der Waals surface area contributed by atoms with Gasteiger partial charge in [0.25, 0.3) is 0 Å². The van der Waals surface area contributed by atoms with Crippen LogP contribution in [0.15, 0.2) is 79.1 Å². The number of nitrogens with zero attached hydrogens (tertiary/aromatic N) is 2. The normalized spacial score (nSPS) is 15.6. The Morgan fingerprint density at radius 1 is 0.964 bits per heavy atom. The monoisotopic (exact) mass is 370 g/mol. The Kier molecular flexibility index (Phi) is 5.81. The molecule has 0 N–H and O–H groups in total. The van der Waals surface area contributed by atoms with Gasteiger partial charge in [-0.05, 0) is 54.0 Å². The number of hydrogen-bond donors (Lipinski definition) is 0. The van der Waals surface area contributed by atoms with Gasteiger partial charge < -0.3 is 4.90 Å². The molecule has 1 atom stereocenters. The summed E-state index contributed by atoms with van der Waals surface area (Å²) in [5, 5.41) is 0. The van der Waals surface area contributed by atoms with Crippen molar-refractivity contribution in [2.24, 2.45) is 0 Å². The van der Waals surface area contributed by atoms with Crippen LogP contribution < -0.4 is 0 Å². The number of hydrogen-bond acceptors (Lipinski definition) is 2. The van der Waals surface area contributed by atoms with Crippen LogP contribution in [0.1, 0.15) is 41.0 Å². The van der Waals surface area contributed by atoms with E-state index >= 15 is 0 Å². The van der Waals surface area contributed by atoms with Crippen molar-refractivity contribution in [2.75, 3.05) is 6.54 Å². The molecule has 1 aromatic heterocycles. The predicted octanol–water partition coefficient (Wildman–Crippen LogP) is 4.77. The maximum absolute atomic E-state index is 13.6. The Morgan fingerprint density at radius 2 is 1.75 bits per heavy atom. The van der Waals surface area contributed by atoms with Crippen LogP contribution in [0.25, 0.3) is 0 Å². The first-order valence-electron chi connectivity index (χ1n) is 10.1. The molecule has 2 aromatic carbocycles. The van der Waals surface area contributed by atoms with Crippen LogP contribution in [0.4, 0.5) is 0 Å². The van der Waals surface area contributed by atoms with E-state index in [4.69, 9.17) is 0 Å². The second-order valence-corrected chi connectivity index (χ2v) is 7.50. The third-order valence-electron chi connectivity index (χ3n) is 5.59. The molecule has 142 valence electrons. The quantitative estimate of drug-likeness (QED) is 0.626. The lowest BCUT2D eigenvalue weighted by Gasteiger charge is -2.31. The summed E-state index contributed by atoms with van der Waals surface area (Å²) in [5.74, 6) is 0.212. The average Bonchev–Trinajstić information content (AvgIpc) is 2.77. The van der Waals surface area contributed by atoms with E-state index < -0.39 is 0 Å². The summed E-state index contributed by atoms with van der Waals surface area (Å²) in [4.78, 5) is 19.8. The average molecular weight is 370 g/mol. The fraction of sp³-hybridized carbons (Fsp3) is 0.280. The Morgan fingerprint density at radius 3 is 2.57 bits per heavy atom. The molecule has 0 fully saturated rings. The fourth-order valence-electron chi connectivity index (χ4n) is 4.12. The second-order valence-electron chi connectivity index (χ2n) is 7.50. The van der Waals surface area contributed by atoms with Crippen LogP contribution in [-0.4, -0.2) is 22.3 Å². The second kappa shape index (κ2) is 8.83. The molecule has 1 amide bonds. The summed E-state index contributed by atoms with van der Waals surface area (Å²) in [6.45, 7) is 1.33. The lowest BCUT2D eigenvalue weighted by molar-refractivity contribution is -0.133. The Bertz CT molecular complexity index is 908. The van der Waals surface area contributed by atoms with Crippen LogP contribution in [0.3, 0.4) is 0 Å². The van der Waals surface area contributed by atoms with E-state index in [1.807, 2.05) is 29.3 Å². The molecule has 0 radical (unpaired) electrons. The van der Waals surface area contributed by atoms with Gasteiger partial charge in [0.2, 0.25) is 5.91 Å². The molecule has 3 aromatic rings. The van der Waals surface area contributed by atoms with Crippen LogP contribution in [0, 0.1) is 0 Å². The Hall–Kier alpha value is -2.94. The van der Waals surface area contributed by atoms with Gasteiger partial charge in [-0.1, -0.05) is 60.7 Å². The van der Waals surface area contributed by atoms with Crippen molar-refractivity contribution >= 4 is 5.91 Å². The van der Waals surface area contributed by atoms with E-state index in [1.54, 1.807) is 6.20 Å². The standard InChI is InChI=1S/C25H26N2O/c28-25(24-14-6-12-22-11-4-5-13-23(22)24)27(19-21-10-7-16-26-18-21)17-15-20-8-2-1-3-9-20/h1-5,7-11,13,16,18,24H,6,12,14-15,17,19H2. The van der Waals surface area contributed by atoms with Gasteiger partial charge in [-0.25, -0.2) is 0 Å². The molecule has 1 aliphatic carbocycles. The van der Waals surface area contributed by atoms with Gasteiger partial charge >= 0.3 is 0 Å². The summed E-state index contributed by atoms with van der Waals surface area (Å²) in [6, 6.07) is 22.8. The number of aryl methyl sites for hydroxylation is 1. The molecular formula is C25H26N2O. The summed E-state index contributed by atoms with van der Waals surface area (Å²) in [7, 11) is 0. The number of pyridine rings is 1. The van der Waals surface area contributed by atoms with E-state index in [0.29, 0.717) is 6.54 Å². The van der Waals surface area contributed by atoms with Gasteiger partial charge in [-0.15, -0.1) is 0 Å². The zero-order chi connectivity index (χ0) is 19.2. The molecule has 0 spiro atoms. The zero-order valence-corrected chi connectivity index (χ0v) is 16.1. The first-order chi connectivity index (χ1) is 13.8. The highest BCUT2D eigenvalue weighted by Crippen LogP contribution is 2.33. The lowest BCUT2D eigenvalue weighted by atomic mass is 9.82. The van der Waals surface area contributed by atoms with Gasteiger partial charge in [-0.3, -0.25) is 9.78 Å². The van der Waals surface area contributed by atoms with E-state index in [9.17, 15) is 4.79 Å². The number of carbonyl (C=O) groups is 1. The minimum Gasteiger partial charge on any atom is -0.337 e. The third kappa shape index (κ3) is 4.30. The van der Waals surface area contributed by atoms with Crippen LogP contribution in [-0.2, 0) is 24.2 Å². The maximum atomic E-state index is 13.6. The number of amides is 1. The molecular weight excluding hydrogens is 344 g/mol. The molecule has 4 rings (SSSR count). The molecule has 0 aliphatic heterocycles. The molecule has 1 unspecified atom stereocenters. The van der Waals surface area contributed by atoms with Crippen molar-refractivity contribution in [3.05, 3.63) is 101 Å². The minimum atomic E-state index is -0.0302. The van der Waals surface area contributed by atoms with E-state index in [-0.39, 0.29) is 11.8 Å². The maximum Gasteiger partial charge on any atom is 0.230 e. The molecule has 3 heteroatoms. The molecule has 28 heavy (non-hydrogen) atoms.